The second kappa shape index (κ2) is 4.30. The number of nitrogens with two attached hydrogens (primary N) is 1. The van der Waals surface area contributed by atoms with Gasteiger partial charge in [-0.1, -0.05) is 6.92 Å². The first kappa shape index (κ1) is 11.2. The molecule has 6 heteroatoms. The Morgan fingerprint density at radius 1 is 1.58 bits per heavy atom. The third kappa shape index (κ3) is 3.56. The molecule has 0 rings (SSSR count). The number of rotatable bonds is 3. The highest BCUT2D eigenvalue weighted by atomic mass is 19.4. The third-order valence-electron chi connectivity index (χ3n) is 1.55. The van der Waals surface area contributed by atoms with E-state index in [-0.39, 0.29) is 6.42 Å². The van der Waals surface area contributed by atoms with Gasteiger partial charge in [-0.05, 0) is 6.42 Å². The van der Waals surface area contributed by atoms with Crippen molar-refractivity contribution < 1.29 is 18.0 Å². The van der Waals surface area contributed by atoms with Gasteiger partial charge in [0.25, 0.3) is 0 Å². The molecule has 12 heavy (non-hydrogen) atoms. The molecule has 0 spiro atoms. The Balaban J connectivity index is 4.09. The fourth-order valence-corrected chi connectivity index (χ4v) is 0.774. The van der Waals surface area contributed by atoms with Crippen molar-refractivity contribution in [2.45, 2.75) is 25.9 Å². The van der Waals surface area contributed by atoms with Crippen molar-refractivity contribution in [3.8, 4) is 0 Å². The van der Waals surface area contributed by atoms with Crippen LogP contribution in [-0.2, 0) is 4.79 Å². The Kier molecular flexibility index (Phi) is 4.02. The van der Waals surface area contributed by atoms with E-state index < -0.39 is 24.4 Å². The minimum atomic E-state index is -4.32. The van der Waals surface area contributed by atoms with Crippen molar-refractivity contribution in [3.05, 3.63) is 0 Å². The lowest BCUT2D eigenvalue weighted by atomic mass is 10.0. The van der Waals surface area contributed by atoms with Gasteiger partial charge in [0.05, 0.1) is 5.92 Å². The van der Waals surface area contributed by atoms with Gasteiger partial charge in [0.1, 0.15) is 0 Å². The Morgan fingerprint density at radius 3 is 2.33 bits per heavy atom. The lowest BCUT2D eigenvalue weighted by molar-refractivity contribution is -0.179. The summed E-state index contributed by atoms with van der Waals surface area (Å²) in [6.07, 6.45) is -5.03. The first-order valence-electron chi connectivity index (χ1n) is 3.48. The van der Waals surface area contributed by atoms with E-state index >= 15 is 0 Å². The maximum Gasteiger partial charge on any atom is 0.392 e. The van der Waals surface area contributed by atoms with Crippen LogP contribution in [0.15, 0.2) is 0 Å². The molecule has 0 fully saturated rings. The van der Waals surface area contributed by atoms with E-state index in [1.165, 1.54) is 6.92 Å². The Labute approximate surface area is 68.1 Å². The number of hydrazine groups is 1. The van der Waals surface area contributed by atoms with Crippen molar-refractivity contribution in [3.63, 3.8) is 0 Å². The van der Waals surface area contributed by atoms with Crippen LogP contribution in [0.1, 0.15) is 19.8 Å². The molecule has 0 radical (unpaired) electrons. The lowest BCUT2D eigenvalue weighted by Crippen LogP contribution is -2.35. The number of nitrogens with one attached hydrogen (secondary N) is 1. The molecule has 0 aromatic carbocycles. The molecule has 0 saturated heterocycles. The molecule has 0 aromatic rings. The van der Waals surface area contributed by atoms with Crippen molar-refractivity contribution in [2.24, 2.45) is 11.8 Å². The first-order valence-corrected chi connectivity index (χ1v) is 3.48. The zero-order valence-corrected chi connectivity index (χ0v) is 6.61. The molecule has 0 aliphatic rings. The molecule has 0 aromatic heterocycles. The highest BCUT2D eigenvalue weighted by molar-refractivity contribution is 5.75. The number of hydrogen-bond acceptors (Lipinski definition) is 2. The van der Waals surface area contributed by atoms with Crippen molar-refractivity contribution >= 4 is 5.91 Å². The quantitative estimate of drug-likeness (QED) is 0.390. The summed E-state index contributed by atoms with van der Waals surface area (Å²) in [6, 6.07) is 0. The standard InChI is InChI=1S/C6H11F3N2O/c1-2-4(6(7,8)9)3-5(12)11-10/h4H,2-3,10H2,1H3,(H,11,12). The van der Waals surface area contributed by atoms with Gasteiger partial charge in [0, 0.05) is 6.42 Å². The summed E-state index contributed by atoms with van der Waals surface area (Å²) in [5, 5.41) is 0. The zero-order valence-electron chi connectivity index (χ0n) is 6.61. The summed E-state index contributed by atoms with van der Waals surface area (Å²) >= 11 is 0. The monoisotopic (exact) mass is 184 g/mol. The molecule has 0 heterocycles. The molecule has 1 amide bonds. The first-order chi connectivity index (χ1) is 5.41. The average Bonchev–Trinajstić information content (AvgIpc) is 1.97. The number of carbonyl (C=O) groups is 1. The maximum atomic E-state index is 12.0. The van der Waals surface area contributed by atoms with E-state index in [4.69, 9.17) is 0 Å². The molecule has 0 aliphatic carbocycles. The molecule has 3 N–H and O–H groups in total. The van der Waals surface area contributed by atoms with Crippen LogP contribution in [0.4, 0.5) is 13.2 Å². The van der Waals surface area contributed by atoms with Gasteiger partial charge in [0.2, 0.25) is 5.91 Å². The van der Waals surface area contributed by atoms with E-state index in [9.17, 15) is 18.0 Å². The van der Waals surface area contributed by atoms with E-state index in [1.807, 2.05) is 0 Å². The van der Waals surface area contributed by atoms with Crippen LogP contribution in [0.5, 0.6) is 0 Å². The average molecular weight is 184 g/mol. The van der Waals surface area contributed by atoms with Crippen molar-refractivity contribution in [1.29, 1.82) is 0 Å². The SMILES string of the molecule is CCC(CC(=O)NN)C(F)(F)F. The smallest absolute Gasteiger partial charge is 0.294 e. The normalized spacial score (nSPS) is 14.1. The number of amides is 1. The van der Waals surface area contributed by atoms with Crippen molar-refractivity contribution in [2.75, 3.05) is 0 Å². The van der Waals surface area contributed by atoms with Gasteiger partial charge in [-0.15, -0.1) is 0 Å². The van der Waals surface area contributed by atoms with Gasteiger partial charge < -0.3 is 0 Å². The molecule has 0 aliphatic heterocycles. The summed E-state index contributed by atoms with van der Waals surface area (Å²) in [6.45, 7) is 1.38. The summed E-state index contributed by atoms with van der Waals surface area (Å²) in [7, 11) is 0. The largest absolute Gasteiger partial charge is 0.392 e. The van der Waals surface area contributed by atoms with Crippen LogP contribution in [-0.4, -0.2) is 12.1 Å². The van der Waals surface area contributed by atoms with Crippen LogP contribution in [0.2, 0.25) is 0 Å². The second-order valence-corrected chi connectivity index (χ2v) is 2.42. The summed E-state index contributed by atoms with van der Waals surface area (Å²) in [4.78, 5) is 10.5. The predicted molar refractivity (Wildman–Crippen MR) is 36.8 cm³/mol. The van der Waals surface area contributed by atoms with Gasteiger partial charge in [-0.25, -0.2) is 5.84 Å². The van der Waals surface area contributed by atoms with Crippen LogP contribution >= 0.6 is 0 Å². The van der Waals surface area contributed by atoms with Gasteiger partial charge in [0.15, 0.2) is 0 Å². The van der Waals surface area contributed by atoms with Crippen molar-refractivity contribution in [1.82, 2.24) is 5.43 Å². The van der Waals surface area contributed by atoms with Crippen LogP contribution in [0.3, 0.4) is 0 Å². The van der Waals surface area contributed by atoms with E-state index in [0.29, 0.717) is 0 Å². The Bertz CT molecular complexity index is 157. The molecule has 72 valence electrons. The molecular formula is C6H11F3N2O. The van der Waals surface area contributed by atoms with E-state index in [0.717, 1.165) is 0 Å². The third-order valence-corrected chi connectivity index (χ3v) is 1.55. The van der Waals surface area contributed by atoms with E-state index in [1.54, 1.807) is 5.43 Å². The second-order valence-electron chi connectivity index (χ2n) is 2.42. The number of hydrogen-bond donors (Lipinski definition) is 2. The van der Waals surface area contributed by atoms with Gasteiger partial charge in [-0.2, -0.15) is 13.2 Å². The fraction of sp³-hybridized carbons (Fsp3) is 0.833. The number of halogens is 3. The van der Waals surface area contributed by atoms with Gasteiger partial charge >= 0.3 is 6.18 Å². The van der Waals surface area contributed by atoms with E-state index in [2.05, 4.69) is 5.84 Å². The van der Waals surface area contributed by atoms with Crippen LogP contribution in [0.25, 0.3) is 0 Å². The highest BCUT2D eigenvalue weighted by Crippen LogP contribution is 2.30. The fourth-order valence-electron chi connectivity index (χ4n) is 0.774. The maximum absolute atomic E-state index is 12.0. The van der Waals surface area contributed by atoms with Crippen LogP contribution in [0, 0.1) is 5.92 Å². The minimum absolute atomic E-state index is 0.114. The highest BCUT2D eigenvalue weighted by Gasteiger charge is 2.39. The minimum Gasteiger partial charge on any atom is -0.294 e. The molecule has 1 unspecified atom stereocenters. The topological polar surface area (TPSA) is 55.1 Å². The Morgan fingerprint density at radius 2 is 2.08 bits per heavy atom. The molecular weight excluding hydrogens is 173 g/mol. The van der Waals surface area contributed by atoms with Crippen LogP contribution < -0.4 is 11.3 Å². The summed E-state index contributed by atoms with van der Waals surface area (Å²) in [5.41, 5.74) is 1.66. The lowest BCUT2D eigenvalue weighted by Gasteiger charge is -2.16. The summed E-state index contributed by atoms with van der Waals surface area (Å²) in [5.74, 6) is 2.26. The molecule has 0 saturated carbocycles. The summed E-state index contributed by atoms with van der Waals surface area (Å²) < 4.78 is 36.0. The molecule has 0 bridgehead atoms. The molecule has 1 atom stereocenters. The molecule has 3 nitrogen and oxygen atoms in total. The predicted octanol–water partition coefficient (Wildman–Crippen LogP) is 0.955. The number of carbonyl (C=O) groups excluding carboxylic acids is 1. The Hall–Kier alpha value is -0.780. The van der Waals surface area contributed by atoms with Gasteiger partial charge in [-0.3, -0.25) is 10.2 Å². The zero-order chi connectivity index (χ0) is 9.78. The number of alkyl halides is 3.